The highest BCUT2D eigenvalue weighted by Crippen LogP contribution is 2.29. The largest absolute Gasteiger partial charge is 0.513 e. The number of benzene rings is 1. The van der Waals surface area contributed by atoms with Crippen molar-refractivity contribution < 1.29 is 14.3 Å². The van der Waals surface area contributed by atoms with Gasteiger partial charge in [-0.15, -0.1) is 0 Å². The fourth-order valence-corrected chi connectivity index (χ4v) is 2.54. The maximum Gasteiger partial charge on any atom is 0.513 e. The smallest absolute Gasteiger partial charge is 0.437 e. The molecule has 3 nitrogen and oxygen atoms in total. The summed E-state index contributed by atoms with van der Waals surface area (Å²) < 4.78 is 9.91. The van der Waals surface area contributed by atoms with Crippen LogP contribution in [0.3, 0.4) is 0 Å². The van der Waals surface area contributed by atoms with Crippen LogP contribution in [0.1, 0.15) is 56.7 Å². The first-order valence-corrected chi connectivity index (χ1v) is 7.57. The van der Waals surface area contributed by atoms with Crippen molar-refractivity contribution in [2.45, 2.75) is 59.3 Å². The van der Waals surface area contributed by atoms with Crippen molar-refractivity contribution in [3.05, 3.63) is 28.8 Å². The summed E-state index contributed by atoms with van der Waals surface area (Å²) in [5.41, 5.74) is 3.92. The highest BCUT2D eigenvalue weighted by atomic mass is 16.7. The summed E-state index contributed by atoms with van der Waals surface area (Å²) in [6, 6.07) is 4.00. The predicted molar refractivity (Wildman–Crippen MR) is 81.5 cm³/mol. The van der Waals surface area contributed by atoms with Crippen LogP contribution in [0.5, 0.6) is 5.75 Å². The van der Waals surface area contributed by atoms with Gasteiger partial charge in [0.1, 0.15) is 5.75 Å². The van der Waals surface area contributed by atoms with Crippen molar-refractivity contribution in [1.82, 2.24) is 0 Å². The molecule has 20 heavy (non-hydrogen) atoms. The van der Waals surface area contributed by atoms with Gasteiger partial charge in [0.15, 0.2) is 0 Å². The maximum atomic E-state index is 11.4. The normalized spacial score (nSPS) is 10.4. The van der Waals surface area contributed by atoms with E-state index in [0.717, 1.165) is 38.5 Å². The Morgan fingerprint density at radius 1 is 0.950 bits per heavy atom. The highest BCUT2D eigenvalue weighted by Gasteiger charge is 2.15. The molecule has 0 spiro atoms. The molecular formula is C17H26O3. The van der Waals surface area contributed by atoms with Crippen molar-refractivity contribution >= 4 is 6.16 Å². The van der Waals surface area contributed by atoms with Gasteiger partial charge in [0.2, 0.25) is 0 Å². The molecule has 1 aromatic carbocycles. The van der Waals surface area contributed by atoms with E-state index in [-0.39, 0.29) is 0 Å². The van der Waals surface area contributed by atoms with E-state index < -0.39 is 6.16 Å². The van der Waals surface area contributed by atoms with Gasteiger partial charge in [-0.25, -0.2) is 4.79 Å². The van der Waals surface area contributed by atoms with E-state index in [1.165, 1.54) is 23.8 Å². The molecule has 0 saturated carbocycles. The molecule has 0 heterocycles. The lowest BCUT2D eigenvalue weighted by Gasteiger charge is -2.17. The average molecular weight is 278 g/mol. The van der Waals surface area contributed by atoms with Gasteiger partial charge >= 0.3 is 6.16 Å². The number of carbonyl (C=O) groups excluding carboxylic acids is 1. The predicted octanol–water partition coefficient (Wildman–Crippen LogP) is 4.69. The van der Waals surface area contributed by atoms with E-state index in [1.54, 1.807) is 0 Å². The molecule has 0 aromatic heterocycles. The highest BCUT2D eigenvalue weighted by molar-refractivity contribution is 5.65. The Morgan fingerprint density at radius 3 is 2.10 bits per heavy atom. The third-order valence-corrected chi connectivity index (χ3v) is 3.36. The van der Waals surface area contributed by atoms with E-state index in [1.807, 2.05) is 6.07 Å². The Hall–Kier alpha value is -1.51. The van der Waals surface area contributed by atoms with Crippen LogP contribution >= 0.6 is 0 Å². The minimum atomic E-state index is -0.645. The first-order valence-electron chi connectivity index (χ1n) is 7.57. The average Bonchev–Trinajstić information content (AvgIpc) is 2.45. The summed E-state index contributed by atoms with van der Waals surface area (Å²) in [7, 11) is 1.33. The minimum absolute atomic E-state index is 0.645. The topological polar surface area (TPSA) is 35.5 Å². The molecule has 0 saturated heterocycles. The molecule has 3 heteroatoms. The quantitative estimate of drug-likeness (QED) is 0.536. The summed E-state index contributed by atoms with van der Waals surface area (Å²) in [5, 5.41) is 0. The van der Waals surface area contributed by atoms with Crippen molar-refractivity contribution in [2.75, 3.05) is 7.11 Å². The number of ether oxygens (including phenoxy) is 2. The van der Waals surface area contributed by atoms with E-state index in [9.17, 15) is 4.79 Å². The van der Waals surface area contributed by atoms with Gasteiger partial charge in [-0.3, -0.25) is 0 Å². The van der Waals surface area contributed by atoms with E-state index in [0.29, 0.717) is 5.75 Å². The summed E-state index contributed by atoms with van der Waals surface area (Å²) in [6.45, 7) is 6.51. The van der Waals surface area contributed by atoms with Crippen molar-refractivity contribution in [2.24, 2.45) is 0 Å². The Balaban J connectivity index is 3.22. The second kappa shape index (κ2) is 8.62. The lowest BCUT2D eigenvalue weighted by atomic mass is 9.91. The van der Waals surface area contributed by atoms with Gasteiger partial charge in [0, 0.05) is 0 Å². The molecule has 0 N–H and O–H groups in total. The van der Waals surface area contributed by atoms with Gasteiger partial charge in [-0.05, 0) is 42.0 Å². The summed E-state index contributed by atoms with van der Waals surface area (Å²) in [4.78, 5) is 11.4. The number of aryl methyl sites for hydroxylation is 1. The van der Waals surface area contributed by atoms with Crippen LogP contribution in [0.15, 0.2) is 12.1 Å². The van der Waals surface area contributed by atoms with E-state index in [4.69, 9.17) is 4.74 Å². The molecule has 0 aliphatic rings. The van der Waals surface area contributed by atoms with Gasteiger partial charge < -0.3 is 9.47 Å². The third kappa shape index (κ3) is 4.26. The van der Waals surface area contributed by atoms with Gasteiger partial charge in [0.05, 0.1) is 7.11 Å². The minimum Gasteiger partial charge on any atom is -0.437 e. The lowest BCUT2D eigenvalue weighted by Crippen LogP contribution is -2.11. The number of methoxy groups -OCH3 is 1. The summed E-state index contributed by atoms with van der Waals surface area (Å²) in [5.74, 6) is 0.655. The van der Waals surface area contributed by atoms with Crippen LogP contribution in [0.4, 0.5) is 4.79 Å². The van der Waals surface area contributed by atoms with Gasteiger partial charge in [0.25, 0.3) is 0 Å². The zero-order chi connectivity index (χ0) is 15.0. The van der Waals surface area contributed by atoms with Crippen molar-refractivity contribution in [1.29, 1.82) is 0 Å². The molecule has 0 amide bonds. The van der Waals surface area contributed by atoms with E-state index >= 15 is 0 Å². The molecule has 1 aromatic rings. The molecule has 0 radical (unpaired) electrons. The number of hydrogen-bond donors (Lipinski definition) is 0. The van der Waals surface area contributed by atoms with E-state index in [2.05, 4.69) is 31.6 Å². The standard InChI is InChI=1S/C17H26O3/c1-5-8-13-11-12-16(20-17(18)19-4)15(10-7-3)14(13)9-6-2/h11-12H,5-10H2,1-4H3. The monoisotopic (exact) mass is 278 g/mol. The second-order valence-electron chi connectivity index (χ2n) is 4.99. The Labute approximate surface area is 122 Å². The SMILES string of the molecule is CCCc1ccc(OC(=O)OC)c(CCC)c1CCC. The van der Waals surface area contributed by atoms with Crippen molar-refractivity contribution in [3.63, 3.8) is 0 Å². The van der Waals surface area contributed by atoms with Gasteiger partial charge in [-0.2, -0.15) is 0 Å². The van der Waals surface area contributed by atoms with Gasteiger partial charge in [-0.1, -0.05) is 46.1 Å². The fraction of sp³-hybridized carbons (Fsp3) is 0.588. The van der Waals surface area contributed by atoms with Crippen LogP contribution in [-0.4, -0.2) is 13.3 Å². The number of rotatable bonds is 7. The van der Waals surface area contributed by atoms with Crippen LogP contribution in [-0.2, 0) is 24.0 Å². The van der Waals surface area contributed by atoms with Crippen molar-refractivity contribution in [3.8, 4) is 5.75 Å². The Kier molecular flexibility index (Phi) is 7.13. The first kappa shape index (κ1) is 16.5. The summed E-state index contributed by atoms with van der Waals surface area (Å²) in [6.07, 6.45) is 5.64. The second-order valence-corrected chi connectivity index (χ2v) is 4.99. The number of hydrogen-bond acceptors (Lipinski definition) is 3. The molecule has 0 unspecified atom stereocenters. The van der Waals surface area contributed by atoms with Crippen LogP contribution in [0.25, 0.3) is 0 Å². The van der Waals surface area contributed by atoms with Crippen LogP contribution < -0.4 is 4.74 Å². The molecule has 112 valence electrons. The third-order valence-electron chi connectivity index (χ3n) is 3.36. The fourth-order valence-electron chi connectivity index (χ4n) is 2.54. The zero-order valence-corrected chi connectivity index (χ0v) is 13.1. The van der Waals surface area contributed by atoms with Crippen LogP contribution in [0, 0.1) is 0 Å². The Bertz CT molecular complexity index is 438. The molecule has 1 rings (SSSR count). The molecule has 0 aliphatic heterocycles. The molecule has 0 fully saturated rings. The maximum absolute atomic E-state index is 11.4. The molecular weight excluding hydrogens is 252 g/mol. The molecule has 0 atom stereocenters. The van der Waals surface area contributed by atoms with Crippen LogP contribution in [0.2, 0.25) is 0 Å². The first-order chi connectivity index (χ1) is 9.67. The Morgan fingerprint density at radius 2 is 1.55 bits per heavy atom. The molecule has 0 bridgehead atoms. The lowest BCUT2D eigenvalue weighted by molar-refractivity contribution is 0.121. The zero-order valence-electron chi connectivity index (χ0n) is 13.1. The number of carbonyl (C=O) groups is 1. The molecule has 0 aliphatic carbocycles. The summed E-state index contributed by atoms with van der Waals surface area (Å²) >= 11 is 0.